The highest BCUT2D eigenvalue weighted by Crippen LogP contribution is 2.19. The number of methoxy groups -OCH3 is 1. The molecule has 0 atom stereocenters. The van der Waals surface area contributed by atoms with Crippen LogP contribution >= 0.6 is 0 Å². The van der Waals surface area contributed by atoms with Crippen molar-refractivity contribution in [2.24, 2.45) is 5.84 Å². The van der Waals surface area contributed by atoms with Gasteiger partial charge in [0, 0.05) is 13.2 Å². The first-order valence-electron chi connectivity index (χ1n) is 3.85. The summed E-state index contributed by atoms with van der Waals surface area (Å²) >= 11 is 0. The molecule has 10 heavy (non-hydrogen) atoms. The number of rotatable bonds is 2. The van der Waals surface area contributed by atoms with E-state index in [9.17, 15) is 0 Å². The molecule has 0 radical (unpaired) electrons. The van der Waals surface area contributed by atoms with E-state index in [-0.39, 0.29) is 0 Å². The van der Waals surface area contributed by atoms with E-state index >= 15 is 0 Å². The van der Waals surface area contributed by atoms with Gasteiger partial charge in [-0.3, -0.25) is 11.3 Å². The molecule has 3 N–H and O–H groups in total. The normalized spacial score (nSPS) is 34.2. The van der Waals surface area contributed by atoms with Gasteiger partial charge in [0.25, 0.3) is 0 Å². The number of nitrogens with one attached hydrogen (secondary N) is 1. The third-order valence-corrected chi connectivity index (χ3v) is 2.24. The van der Waals surface area contributed by atoms with Crippen LogP contribution < -0.4 is 11.3 Å². The fraction of sp³-hybridized carbons (Fsp3) is 1.00. The van der Waals surface area contributed by atoms with Gasteiger partial charge in [0.2, 0.25) is 0 Å². The van der Waals surface area contributed by atoms with Crippen LogP contribution in [0, 0.1) is 0 Å². The molecule has 1 fully saturated rings. The Hall–Kier alpha value is -0.120. The smallest absolute Gasteiger partial charge is 0.0572 e. The van der Waals surface area contributed by atoms with Crippen LogP contribution in [0.15, 0.2) is 0 Å². The van der Waals surface area contributed by atoms with E-state index in [0.717, 1.165) is 25.7 Å². The molecular formula is C7H16N2O. The standard InChI is InChI=1S/C7H16N2O/c1-10-7-4-2-6(9-8)3-5-7/h6-7,9H,2-5,8H2,1H3. The molecule has 0 aromatic heterocycles. The molecule has 1 rings (SSSR count). The Labute approximate surface area is 61.9 Å². The SMILES string of the molecule is COC1CCC(NN)CC1. The molecular weight excluding hydrogens is 128 g/mol. The Morgan fingerprint density at radius 2 is 1.90 bits per heavy atom. The number of ether oxygens (including phenoxy) is 1. The highest BCUT2D eigenvalue weighted by molar-refractivity contribution is 4.75. The lowest BCUT2D eigenvalue weighted by molar-refractivity contribution is 0.0626. The predicted octanol–water partition coefficient (Wildman–Crippen LogP) is 0.407. The molecule has 0 aromatic rings. The van der Waals surface area contributed by atoms with Gasteiger partial charge in [-0.15, -0.1) is 0 Å². The van der Waals surface area contributed by atoms with E-state index in [0.29, 0.717) is 12.1 Å². The summed E-state index contributed by atoms with van der Waals surface area (Å²) in [5.41, 5.74) is 2.79. The van der Waals surface area contributed by atoms with Crippen molar-refractivity contribution >= 4 is 0 Å². The highest BCUT2D eigenvalue weighted by Gasteiger charge is 2.18. The zero-order valence-corrected chi connectivity index (χ0v) is 6.47. The van der Waals surface area contributed by atoms with E-state index in [1.165, 1.54) is 0 Å². The first kappa shape index (κ1) is 7.98. The number of hydrazine groups is 1. The second kappa shape index (κ2) is 3.91. The van der Waals surface area contributed by atoms with Crippen molar-refractivity contribution in [2.45, 2.75) is 37.8 Å². The molecule has 0 bridgehead atoms. The van der Waals surface area contributed by atoms with Crippen molar-refractivity contribution in [3.05, 3.63) is 0 Å². The van der Waals surface area contributed by atoms with E-state index in [1.54, 1.807) is 7.11 Å². The lowest BCUT2D eigenvalue weighted by Gasteiger charge is -2.26. The topological polar surface area (TPSA) is 47.3 Å². The molecule has 0 aliphatic heterocycles. The predicted molar refractivity (Wildman–Crippen MR) is 40.4 cm³/mol. The lowest BCUT2D eigenvalue weighted by atomic mass is 9.93. The first-order valence-corrected chi connectivity index (χ1v) is 3.85. The second-order valence-corrected chi connectivity index (χ2v) is 2.88. The quantitative estimate of drug-likeness (QED) is 0.436. The van der Waals surface area contributed by atoms with Crippen molar-refractivity contribution in [2.75, 3.05) is 7.11 Å². The van der Waals surface area contributed by atoms with Gasteiger partial charge in [0.15, 0.2) is 0 Å². The van der Waals surface area contributed by atoms with Crippen LogP contribution in [0.25, 0.3) is 0 Å². The van der Waals surface area contributed by atoms with Crippen LogP contribution in [0.1, 0.15) is 25.7 Å². The Balaban J connectivity index is 2.17. The van der Waals surface area contributed by atoms with Crippen LogP contribution in [0.3, 0.4) is 0 Å². The molecule has 3 heteroatoms. The van der Waals surface area contributed by atoms with Crippen molar-refractivity contribution < 1.29 is 4.74 Å². The average molecular weight is 144 g/mol. The Morgan fingerprint density at radius 3 is 2.30 bits per heavy atom. The zero-order chi connectivity index (χ0) is 7.40. The van der Waals surface area contributed by atoms with E-state index in [4.69, 9.17) is 10.6 Å². The van der Waals surface area contributed by atoms with Crippen LogP contribution in [0.2, 0.25) is 0 Å². The summed E-state index contributed by atoms with van der Waals surface area (Å²) in [5, 5.41) is 0. The first-order chi connectivity index (χ1) is 4.86. The second-order valence-electron chi connectivity index (χ2n) is 2.88. The van der Waals surface area contributed by atoms with Crippen LogP contribution in [-0.2, 0) is 4.74 Å². The molecule has 0 unspecified atom stereocenters. The molecule has 0 spiro atoms. The van der Waals surface area contributed by atoms with Crippen LogP contribution in [-0.4, -0.2) is 19.3 Å². The van der Waals surface area contributed by atoms with Gasteiger partial charge in [-0.05, 0) is 25.7 Å². The number of hydrogen-bond acceptors (Lipinski definition) is 3. The minimum atomic E-state index is 0.476. The third kappa shape index (κ3) is 1.94. The maximum atomic E-state index is 5.30. The largest absolute Gasteiger partial charge is 0.381 e. The molecule has 1 aliphatic carbocycles. The van der Waals surface area contributed by atoms with E-state index in [1.807, 2.05) is 0 Å². The molecule has 60 valence electrons. The van der Waals surface area contributed by atoms with E-state index < -0.39 is 0 Å². The van der Waals surface area contributed by atoms with Gasteiger partial charge >= 0.3 is 0 Å². The summed E-state index contributed by atoms with van der Waals surface area (Å²) in [6.45, 7) is 0. The van der Waals surface area contributed by atoms with Crippen molar-refractivity contribution in [3.8, 4) is 0 Å². The van der Waals surface area contributed by atoms with Crippen molar-refractivity contribution in [1.82, 2.24) is 5.43 Å². The minimum absolute atomic E-state index is 0.476. The fourth-order valence-electron chi connectivity index (χ4n) is 1.47. The fourth-order valence-corrected chi connectivity index (χ4v) is 1.47. The molecule has 1 saturated carbocycles. The molecule has 0 amide bonds. The Morgan fingerprint density at radius 1 is 1.30 bits per heavy atom. The van der Waals surface area contributed by atoms with Crippen LogP contribution in [0.4, 0.5) is 0 Å². The average Bonchev–Trinajstić information content (AvgIpc) is 2.05. The molecule has 1 aliphatic rings. The Kier molecular flexibility index (Phi) is 3.12. The summed E-state index contributed by atoms with van der Waals surface area (Å²) in [7, 11) is 1.78. The zero-order valence-electron chi connectivity index (χ0n) is 6.47. The molecule has 3 nitrogen and oxygen atoms in total. The summed E-state index contributed by atoms with van der Waals surface area (Å²) in [6.07, 6.45) is 5.06. The molecule has 0 aromatic carbocycles. The monoisotopic (exact) mass is 144 g/mol. The van der Waals surface area contributed by atoms with Crippen LogP contribution in [0.5, 0.6) is 0 Å². The maximum absolute atomic E-state index is 5.30. The van der Waals surface area contributed by atoms with Gasteiger partial charge < -0.3 is 4.74 Å². The summed E-state index contributed by atoms with van der Waals surface area (Å²) in [5.74, 6) is 5.30. The maximum Gasteiger partial charge on any atom is 0.0572 e. The van der Waals surface area contributed by atoms with Gasteiger partial charge in [-0.1, -0.05) is 0 Å². The van der Waals surface area contributed by atoms with E-state index in [2.05, 4.69) is 5.43 Å². The van der Waals surface area contributed by atoms with Gasteiger partial charge in [-0.2, -0.15) is 0 Å². The lowest BCUT2D eigenvalue weighted by Crippen LogP contribution is -2.39. The molecule has 0 saturated heterocycles. The number of nitrogens with two attached hydrogens (primary N) is 1. The Bertz CT molecular complexity index is 77.6. The summed E-state index contributed by atoms with van der Waals surface area (Å²) in [4.78, 5) is 0. The van der Waals surface area contributed by atoms with Gasteiger partial charge in [-0.25, -0.2) is 0 Å². The summed E-state index contributed by atoms with van der Waals surface area (Å²) in [6, 6.07) is 0.520. The van der Waals surface area contributed by atoms with Crippen molar-refractivity contribution in [3.63, 3.8) is 0 Å². The highest BCUT2D eigenvalue weighted by atomic mass is 16.5. The van der Waals surface area contributed by atoms with Crippen molar-refractivity contribution in [1.29, 1.82) is 0 Å². The van der Waals surface area contributed by atoms with Gasteiger partial charge in [0.1, 0.15) is 0 Å². The minimum Gasteiger partial charge on any atom is -0.381 e. The van der Waals surface area contributed by atoms with Gasteiger partial charge in [0.05, 0.1) is 6.10 Å². The molecule has 0 heterocycles. The third-order valence-electron chi connectivity index (χ3n) is 2.24. The summed E-state index contributed by atoms with van der Waals surface area (Å²) < 4.78 is 5.22. The number of hydrogen-bond donors (Lipinski definition) is 2.